The second-order valence-electron chi connectivity index (χ2n) is 8.48. The highest BCUT2D eigenvalue weighted by atomic mass is 19.1. The van der Waals surface area contributed by atoms with Crippen LogP contribution < -0.4 is 10.1 Å². The number of aliphatic hydroxyl groups excluding tert-OH is 2. The summed E-state index contributed by atoms with van der Waals surface area (Å²) in [6.07, 6.45) is 1.54. The number of aryl methyl sites for hydroxylation is 2. The molecule has 30 heavy (non-hydrogen) atoms. The lowest BCUT2D eigenvalue weighted by Gasteiger charge is -2.25. The molecule has 4 atom stereocenters. The Morgan fingerprint density at radius 2 is 2.07 bits per heavy atom. The number of halogens is 1. The molecule has 3 aromatic rings. The molecule has 0 saturated heterocycles. The minimum Gasteiger partial charge on any atom is -0.487 e. The van der Waals surface area contributed by atoms with Crippen molar-refractivity contribution in [1.29, 1.82) is 0 Å². The number of hydrogen-bond acceptors (Lipinski definition) is 5. The van der Waals surface area contributed by atoms with Crippen LogP contribution in [-0.4, -0.2) is 44.6 Å². The van der Waals surface area contributed by atoms with Crippen molar-refractivity contribution in [1.82, 2.24) is 14.9 Å². The van der Waals surface area contributed by atoms with Gasteiger partial charge in [-0.15, -0.1) is 0 Å². The van der Waals surface area contributed by atoms with Gasteiger partial charge in [0.05, 0.1) is 11.4 Å². The predicted molar refractivity (Wildman–Crippen MR) is 111 cm³/mol. The Kier molecular flexibility index (Phi) is 4.76. The molecule has 0 bridgehead atoms. The number of aromatic nitrogens is 2. The second-order valence-corrected chi connectivity index (χ2v) is 8.48. The molecule has 158 valence electrons. The van der Waals surface area contributed by atoms with E-state index in [4.69, 9.17) is 4.74 Å². The normalized spacial score (nSPS) is 26.2. The first-order valence-electron chi connectivity index (χ1n) is 10.4. The van der Waals surface area contributed by atoms with Crippen molar-refractivity contribution < 1.29 is 19.3 Å². The first-order valence-corrected chi connectivity index (χ1v) is 10.4. The zero-order valence-electron chi connectivity index (χ0n) is 17.1. The van der Waals surface area contributed by atoms with Gasteiger partial charge in [-0.25, -0.2) is 9.37 Å². The van der Waals surface area contributed by atoms with Crippen LogP contribution in [0.25, 0.3) is 11.0 Å². The van der Waals surface area contributed by atoms with E-state index in [1.807, 2.05) is 19.9 Å². The quantitative estimate of drug-likeness (QED) is 0.617. The molecular weight excluding hydrogens is 385 g/mol. The molecule has 6 nitrogen and oxygen atoms in total. The standard InChI is InChI=1S/C23H26FN3O3/c1-12-7-14-4-5-25-10-15(14)18(8-12)30-19-9-17(21(28)22(19)29)27-11-16(24)20-13(2)3-6-26-23(20)27/h3,6-8,11,17,19,21-22,25,28-29H,4-5,9-10H2,1-2H3/t17-,19+,21+,22-/m1/s1. The highest BCUT2D eigenvalue weighted by molar-refractivity contribution is 5.80. The summed E-state index contributed by atoms with van der Waals surface area (Å²) < 4.78 is 22.5. The Morgan fingerprint density at radius 1 is 1.23 bits per heavy atom. The van der Waals surface area contributed by atoms with Crippen molar-refractivity contribution in [3.63, 3.8) is 0 Å². The maximum absolute atomic E-state index is 14.6. The minimum atomic E-state index is -1.08. The first-order chi connectivity index (χ1) is 14.4. The number of hydrogen-bond donors (Lipinski definition) is 3. The number of rotatable bonds is 3. The smallest absolute Gasteiger partial charge is 0.150 e. The van der Waals surface area contributed by atoms with Crippen molar-refractivity contribution in [2.45, 2.75) is 57.6 Å². The van der Waals surface area contributed by atoms with E-state index in [0.29, 0.717) is 17.5 Å². The summed E-state index contributed by atoms with van der Waals surface area (Å²) in [4.78, 5) is 4.33. The van der Waals surface area contributed by atoms with Crippen LogP contribution in [0.15, 0.2) is 30.6 Å². The maximum atomic E-state index is 14.6. The van der Waals surface area contributed by atoms with Gasteiger partial charge in [0.1, 0.15) is 29.7 Å². The summed E-state index contributed by atoms with van der Waals surface area (Å²) in [5.41, 5.74) is 4.73. The van der Waals surface area contributed by atoms with Crippen LogP contribution in [-0.2, 0) is 13.0 Å². The van der Waals surface area contributed by atoms with E-state index in [-0.39, 0.29) is 5.82 Å². The molecule has 1 aliphatic heterocycles. The van der Waals surface area contributed by atoms with Crippen LogP contribution in [0.4, 0.5) is 4.39 Å². The van der Waals surface area contributed by atoms with Gasteiger partial charge in [0.2, 0.25) is 0 Å². The number of benzene rings is 1. The molecule has 7 heteroatoms. The lowest BCUT2D eigenvalue weighted by molar-refractivity contribution is -0.0167. The highest BCUT2D eigenvalue weighted by Gasteiger charge is 2.45. The molecule has 2 aromatic heterocycles. The monoisotopic (exact) mass is 411 g/mol. The van der Waals surface area contributed by atoms with Crippen LogP contribution in [0.2, 0.25) is 0 Å². The molecule has 0 spiro atoms. The van der Waals surface area contributed by atoms with Crippen LogP contribution in [0.3, 0.4) is 0 Å². The fourth-order valence-electron chi connectivity index (χ4n) is 4.88. The first kappa shape index (κ1) is 19.5. The lowest BCUT2D eigenvalue weighted by atomic mass is 9.97. The third-order valence-electron chi connectivity index (χ3n) is 6.43. The molecule has 0 radical (unpaired) electrons. The number of nitrogens with zero attached hydrogens (tertiary/aromatic N) is 2. The van der Waals surface area contributed by atoms with Gasteiger partial charge in [-0.1, -0.05) is 6.07 Å². The van der Waals surface area contributed by atoms with E-state index in [1.54, 1.807) is 16.8 Å². The molecule has 0 amide bonds. The number of aliphatic hydroxyl groups is 2. The van der Waals surface area contributed by atoms with Crippen molar-refractivity contribution >= 4 is 11.0 Å². The van der Waals surface area contributed by atoms with E-state index in [1.165, 1.54) is 11.8 Å². The molecule has 0 unspecified atom stereocenters. The summed E-state index contributed by atoms with van der Waals surface area (Å²) in [6.45, 7) is 5.51. The third-order valence-corrected chi connectivity index (χ3v) is 6.43. The molecule has 3 heterocycles. The van der Waals surface area contributed by atoms with Crippen molar-refractivity contribution in [2.24, 2.45) is 0 Å². The number of ether oxygens (including phenoxy) is 1. The fourth-order valence-corrected chi connectivity index (χ4v) is 4.88. The molecule has 1 fully saturated rings. The summed E-state index contributed by atoms with van der Waals surface area (Å²) >= 11 is 0. The zero-order valence-corrected chi connectivity index (χ0v) is 17.1. The van der Waals surface area contributed by atoms with E-state index in [9.17, 15) is 14.6 Å². The highest BCUT2D eigenvalue weighted by Crippen LogP contribution is 2.38. The minimum absolute atomic E-state index is 0.358. The summed E-state index contributed by atoms with van der Waals surface area (Å²) in [7, 11) is 0. The summed E-state index contributed by atoms with van der Waals surface area (Å²) in [5.74, 6) is 0.368. The van der Waals surface area contributed by atoms with Crippen LogP contribution in [0.5, 0.6) is 5.75 Å². The van der Waals surface area contributed by atoms with E-state index in [0.717, 1.165) is 42.0 Å². The Labute approximate surface area is 174 Å². The number of pyridine rings is 1. The molecule has 3 N–H and O–H groups in total. The average Bonchev–Trinajstić information content (AvgIpc) is 3.20. The predicted octanol–water partition coefficient (Wildman–Crippen LogP) is 2.55. The second kappa shape index (κ2) is 7.34. The third kappa shape index (κ3) is 3.09. The van der Waals surface area contributed by atoms with Crippen LogP contribution in [0, 0.1) is 19.7 Å². The van der Waals surface area contributed by atoms with Gasteiger partial charge in [0.25, 0.3) is 0 Å². The van der Waals surface area contributed by atoms with Gasteiger partial charge in [0.15, 0.2) is 5.82 Å². The molecule has 1 saturated carbocycles. The summed E-state index contributed by atoms with van der Waals surface area (Å²) in [5, 5.41) is 25.3. The number of fused-ring (bicyclic) bond motifs is 2. The Morgan fingerprint density at radius 3 is 2.90 bits per heavy atom. The topological polar surface area (TPSA) is 79.5 Å². The molecule has 1 aliphatic carbocycles. The van der Waals surface area contributed by atoms with Gasteiger partial charge in [-0.2, -0.15) is 0 Å². The Bertz CT molecular complexity index is 1110. The molecule has 5 rings (SSSR count). The van der Waals surface area contributed by atoms with Gasteiger partial charge in [-0.05, 0) is 55.6 Å². The number of nitrogens with one attached hydrogen (secondary N) is 1. The van der Waals surface area contributed by atoms with E-state index < -0.39 is 24.4 Å². The average molecular weight is 411 g/mol. The van der Waals surface area contributed by atoms with Gasteiger partial charge in [-0.3, -0.25) is 0 Å². The molecular formula is C23H26FN3O3. The molecule has 2 aliphatic rings. The van der Waals surface area contributed by atoms with Gasteiger partial charge >= 0.3 is 0 Å². The molecule has 1 aromatic carbocycles. The van der Waals surface area contributed by atoms with E-state index in [2.05, 4.69) is 16.4 Å². The van der Waals surface area contributed by atoms with Crippen LogP contribution >= 0.6 is 0 Å². The Balaban J connectivity index is 1.47. The lowest BCUT2D eigenvalue weighted by Crippen LogP contribution is -2.35. The van der Waals surface area contributed by atoms with E-state index >= 15 is 0 Å². The maximum Gasteiger partial charge on any atom is 0.150 e. The summed E-state index contributed by atoms with van der Waals surface area (Å²) in [6, 6.07) is 5.39. The zero-order chi connectivity index (χ0) is 21.0. The van der Waals surface area contributed by atoms with Crippen molar-refractivity contribution in [3.05, 3.63) is 58.7 Å². The largest absolute Gasteiger partial charge is 0.487 e. The van der Waals surface area contributed by atoms with Gasteiger partial charge in [0, 0.05) is 30.9 Å². The van der Waals surface area contributed by atoms with Gasteiger partial charge < -0.3 is 24.8 Å². The SMILES string of the molecule is Cc1cc2c(c(O[C@H]3C[C@@H](n4cc(F)c5c(C)ccnc54)[C@H](O)[C@@H]3O)c1)CNCC2. The van der Waals surface area contributed by atoms with Crippen molar-refractivity contribution in [2.75, 3.05) is 6.54 Å². The van der Waals surface area contributed by atoms with Crippen molar-refractivity contribution in [3.8, 4) is 5.75 Å². The fraction of sp³-hybridized carbons (Fsp3) is 0.435. The Hall–Kier alpha value is -2.48. The van der Waals surface area contributed by atoms with Crippen LogP contribution in [0.1, 0.15) is 34.7 Å².